The van der Waals surface area contributed by atoms with Crippen molar-refractivity contribution >= 4 is 23.0 Å². The SMILES string of the molecule is COc1ccc(C)cc1NC(=S)NC[C@@H]1CCCO1. The molecule has 1 aromatic carbocycles. The Kier molecular flexibility index (Phi) is 4.99. The lowest BCUT2D eigenvalue weighted by Crippen LogP contribution is -2.34. The summed E-state index contributed by atoms with van der Waals surface area (Å²) in [5.74, 6) is 0.784. The predicted octanol–water partition coefficient (Wildman–Crippen LogP) is 2.47. The van der Waals surface area contributed by atoms with Gasteiger partial charge in [-0.15, -0.1) is 0 Å². The van der Waals surface area contributed by atoms with Crippen molar-refractivity contribution in [1.82, 2.24) is 5.32 Å². The first-order valence-electron chi connectivity index (χ1n) is 6.50. The zero-order chi connectivity index (χ0) is 13.7. The second kappa shape index (κ2) is 6.73. The number of anilines is 1. The van der Waals surface area contributed by atoms with Gasteiger partial charge in [0.05, 0.1) is 18.9 Å². The zero-order valence-electron chi connectivity index (χ0n) is 11.4. The summed E-state index contributed by atoms with van der Waals surface area (Å²) >= 11 is 5.29. The molecule has 0 bridgehead atoms. The maximum atomic E-state index is 5.54. The van der Waals surface area contributed by atoms with Crippen LogP contribution >= 0.6 is 12.2 Å². The Hall–Kier alpha value is -1.33. The molecule has 0 amide bonds. The second-order valence-corrected chi connectivity index (χ2v) is 5.08. The van der Waals surface area contributed by atoms with Gasteiger partial charge in [-0.3, -0.25) is 0 Å². The summed E-state index contributed by atoms with van der Waals surface area (Å²) in [6, 6.07) is 5.95. The summed E-state index contributed by atoms with van der Waals surface area (Å²) in [4.78, 5) is 0. The Bertz CT molecular complexity index is 445. The summed E-state index contributed by atoms with van der Waals surface area (Å²) in [5, 5.41) is 6.95. The first-order chi connectivity index (χ1) is 9.19. The Balaban J connectivity index is 1.88. The van der Waals surface area contributed by atoms with Gasteiger partial charge in [-0.2, -0.15) is 0 Å². The number of methoxy groups -OCH3 is 1. The van der Waals surface area contributed by atoms with Crippen LogP contribution in [0.4, 0.5) is 5.69 Å². The lowest BCUT2D eigenvalue weighted by atomic mass is 10.2. The van der Waals surface area contributed by atoms with Gasteiger partial charge in [0, 0.05) is 13.2 Å². The van der Waals surface area contributed by atoms with Gasteiger partial charge in [0.15, 0.2) is 5.11 Å². The van der Waals surface area contributed by atoms with E-state index < -0.39 is 0 Å². The number of thiocarbonyl (C=S) groups is 1. The lowest BCUT2D eigenvalue weighted by Gasteiger charge is -2.16. The molecule has 0 aromatic heterocycles. The molecule has 0 unspecified atom stereocenters. The van der Waals surface area contributed by atoms with E-state index >= 15 is 0 Å². The molecule has 104 valence electrons. The molecular weight excluding hydrogens is 260 g/mol. The third-order valence-electron chi connectivity index (χ3n) is 3.12. The van der Waals surface area contributed by atoms with Crippen molar-refractivity contribution in [2.24, 2.45) is 0 Å². The van der Waals surface area contributed by atoms with E-state index in [1.54, 1.807) is 7.11 Å². The molecule has 1 fully saturated rings. The number of ether oxygens (including phenoxy) is 2. The molecule has 2 rings (SSSR count). The highest BCUT2D eigenvalue weighted by atomic mass is 32.1. The van der Waals surface area contributed by atoms with Crippen LogP contribution < -0.4 is 15.4 Å². The molecule has 0 saturated carbocycles. The molecule has 1 heterocycles. The lowest BCUT2D eigenvalue weighted by molar-refractivity contribution is 0.114. The molecule has 1 aromatic rings. The molecule has 0 radical (unpaired) electrons. The fraction of sp³-hybridized carbons (Fsp3) is 0.500. The number of rotatable bonds is 4. The van der Waals surface area contributed by atoms with Crippen LogP contribution in [0.2, 0.25) is 0 Å². The molecule has 0 aliphatic carbocycles. The van der Waals surface area contributed by atoms with E-state index in [9.17, 15) is 0 Å². The Morgan fingerprint density at radius 1 is 1.53 bits per heavy atom. The zero-order valence-corrected chi connectivity index (χ0v) is 12.2. The van der Waals surface area contributed by atoms with Crippen LogP contribution in [0.1, 0.15) is 18.4 Å². The van der Waals surface area contributed by atoms with Crippen LogP contribution in [0.25, 0.3) is 0 Å². The normalized spacial score (nSPS) is 18.1. The van der Waals surface area contributed by atoms with Crippen LogP contribution in [0.3, 0.4) is 0 Å². The van der Waals surface area contributed by atoms with Crippen molar-refractivity contribution in [3.63, 3.8) is 0 Å². The molecular formula is C14H20N2O2S. The summed E-state index contributed by atoms with van der Waals surface area (Å²) in [6.45, 7) is 3.64. The minimum Gasteiger partial charge on any atom is -0.495 e. The fourth-order valence-corrected chi connectivity index (χ4v) is 2.29. The monoisotopic (exact) mass is 280 g/mol. The van der Waals surface area contributed by atoms with Crippen LogP contribution in [-0.2, 0) is 4.74 Å². The molecule has 1 aliphatic rings. The highest BCUT2D eigenvalue weighted by Gasteiger charge is 2.15. The summed E-state index contributed by atoms with van der Waals surface area (Å²) in [6.07, 6.45) is 2.51. The molecule has 19 heavy (non-hydrogen) atoms. The number of hydrogen-bond donors (Lipinski definition) is 2. The smallest absolute Gasteiger partial charge is 0.170 e. The van der Waals surface area contributed by atoms with Crippen molar-refractivity contribution < 1.29 is 9.47 Å². The quantitative estimate of drug-likeness (QED) is 0.829. The highest BCUT2D eigenvalue weighted by Crippen LogP contribution is 2.25. The Morgan fingerprint density at radius 3 is 3.05 bits per heavy atom. The minimum absolute atomic E-state index is 0.277. The van der Waals surface area contributed by atoms with E-state index in [1.165, 1.54) is 0 Å². The highest BCUT2D eigenvalue weighted by molar-refractivity contribution is 7.80. The van der Waals surface area contributed by atoms with E-state index in [-0.39, 0.29) is 6.10 Å². The molecule has 1 saturated heterocycles. The van der Waals surface area contributed by atoms with Crippen molar-refractivity contribution in [1.29, 1.82) is 0 Å². The van der Waals surface area contributed by atoms with Gasteiger partial charge in [0.1, 0.15) is 5.75 Å². The number of benzene rings is 1. The third-order valence-corrected chi connectivity index (χ3v) is 3.36. The van der Waals surface area contributed by atoms with Gasteiger partial charge in [0.2, 0.25) is 0 Å². The summed E-state index contributed by atoms with van der Waals surface area (Å²) in [5.41, 5.74) is 2.04. The summed E-state index contributed by atoms with van der Waals surface area (Å²) < 4.78 is 10.8. The predicted molar refractivity (Wildman–Crippen MR) is 80.9 cm³/mol. The largest absolute Gasteiger partial charge is 0.495 e. The van der Waals surface area contributed by atoms with Crippen molar-refractivity contribution in [2.45, 2.75) is 25.9 Å². The van der Waals surface area contributed by atoms with Gasteiger partial charge in [0.25, 0.3) is 0 Å². The average molecular weight is 280 g/mol. The Labute approximate surface area is 119 Å². The number of aryl methyl sites for hydroxylation is 1. The number of nitrogens with one attached hydrogen (secondary N) is 2. The average Bonchev–Trinajstić information content (AvgIpc) is 2.90. The topological polar surface area (TPSA) is 42.5 Å². The minimum atomic E-state index is 0.277. The standard InChI is InChI=1S/C14H20N2O2S/c1-10-5-6-13(17-2)12(8-10)16-14(19)15-9-11-4-3-7-18-11/h5-6,8,11H,3-4,7,9H2,1-2H3,(H2,15,16,19)/t11-/m0/s1. The maximum Gasteiger partial charge on any atom is 0.170 e. The van der Waals surface area contributed by atoms with Gasteiger partial charge in [-0.05, 0) is 49.7 Å². The maximum absolute atomic E-state index is 5.54. The Morgan fingerprint density at radius 2 is 2.37 bits per heavy atom. The first kappa shape index (κ1) is 14.1. The molecule has 0 spiro atoms. The van der Waals surface area contributed by atoms with Crippen molar-refractivity contribution in [2.75, 3.05) is 25.6 Å². The van der Waals surface area contributed by atoms with Gasteiger partial charge in [-0.25, -0.2) is 0 Å². The molecule has 1 aliphatic heterocycles. The van der Waals surface area contributed by atoms with Gasteiger partial charge in [-0.1, -0.05) is 6.07 Å². The van der Waals surface area contributed by atoms with Gasteiger partial charge >= 0.3 is 0 Å². The van der Waals surface area contributed by atoms with Crippen molar-refractivity contribution in [3.8, 4) is 5.75 Å². The van der Waals surface area contributed by atoms with E-state index in [1.807, 2.05) is 25.1 Å². The molecule has 4 nitrogen and oxygen atoms in total. The molecule has 5 heteroatoms. The second-order valence-electron chi connectivity index (χ2n) is 4.67. The molecule has 2 N–H and O–H groups in total. The van der Waals surface area contributed by atoms with Crippen LogP contribution in [0.15, 0.2) is 18.2 Å². The first-order valence-corrected chi connectivity index (χ1v) is 6.91. The van der Waals surface area contributed by atoms with Crippen LogP contribution in [0, 0.1) is 6.92 Å². The number of hydrogen-bond acceptors (Lipinski definition) is 3. The van der Waals surface area contributed by atoms with Gasteiger partial charge < -0.3 is 20.1 Å². The van der Waals surface area contributed by atoms with E-state index in [2.05, 4.69) is 10.6 Å². The van der Waals surface area contributed by atoms with E-state index in [4.69, 9.17) is 21.7 Å². The van der Waals surface area contributed by atoms with Crippen LogP contribution in [-0.4, -0.2) is 31.5 Å². The van der Waals surface area contributed by atoms with Crippen molar-refractivity contribution in [3.05, 3.63) is 23.8 Å². The van der Waals surface area contributed by atoms with Crippen LogP contribution in [0.5, 0.6) is 5.75 Å². The fourth-order valence-electron chi connectivity index (χ4n) is 2.10. The third kappa shape index (κ3) is 4.08. The molecule has 1 atom stereocenters. The summed E-state index contributed by atoms with van der Waals surface area (Å²) in [7, 11) is 1.65. The van der Waals surface area contributed by atoms with E-state index in [0.29, 0.717) is 5.11 Å². The van der Waals surface area contributed by atoms with E-state index in [0.717, 1.165) is 43.0 Å².